The number of hydrogen-bond acceptors (Lipinski definition) is 7. The molecule has 0 saturated heterocycles. The molecule has 2 aromatic rings. The fourth-order valence-electron chi connectivity index (χ4n) is 3.67. The number of thioether (sulfide) groups is 1. The number of carbonyl (C=O) groups is 1. The summed E-state index contributed by atoms with van der Waals surface area (Å²) in [6.07, 6.45) is 1.87. The number of amidine groups is 1. The molecule has 0 aliphatic carbocycles. The molecule has 9 heteroatoms. The maximum absolute atomic E-state index is 13.2. The van der Waals surface area contributed by atoms with Crippen molar-refractivity contribution in [1.82, 2.24) is 4.90 Å². The van der Waals surface area contributed by atoms with E-state index in [-0.39, 0.29) is 19.0 Å². The summed E-state index contributed by atoms with van der Waals surface area (Å²) < 4.78 is 30.0. The van der Waals surface area contributed by atoms with E-state index in [9.17, 15) is 9.18 Å². The molecule has 2 aliphatic rings. The first-order valence-corrected chi connectivity index (χ1v) is 11.5. The molecule has 0 fully saturated rings. The van der Waals surface area contributed by atoms with Gasteiger partial charge in [-0.05, 0) is 54.6 Å². The molecule has 6 nitrogen and oxygen atoms in total. The highest BCUT2D eigenvalue weighted by atomic mass is 35.5. The van der Waals surface area contributed by atoms with Crippen molar-refractivity contribution in [3.63, 3.8) is 0 Å². The minimum absolute atomic E-state index is 0.189. The maximum Gasteiger partial charge on any atom is 0.338 e. The van der Waals surface area contributed by atoms with Gasteiger partial charge in [-0.3, -0.25) is 0 Å². The number of nitrogens with zero attached hydrogens (tertiary/aromatic N) is 2. The first-order chi connectivity index (χ1) is 15.9. The second kappa shape index (κ2) is 9.89. The molecule has 2 heterocycles. The molecule has 172 valence electrons. The number of fused-ring (bicyclic) bond motifs is 1. The van der Waals surface area contributed by atoms with Crippen LogP contribution < -0.4 is 9.47 Å². The van der Waals surface area contributed by atoms with Crippen LogP contribution in [0.3, 0.4) is 0 Å². The van der Waals surface area contributed by atoms with Crippen molar-refractivity contribution in [2.24, 2.45) is 4.99 Å². The molecular weight excluding hydrogens is 467 g/mol. The van der Waals surface area contributed by atoms with E-state index in [1.54, 1.807) is 38.1 Å². The Morgan fingerprint density at radius 2 is 2.03 bits per heavy atom. The van der Waals surface area contributed by atoms with Crippen LogP contribution in [0.5, 0.6) is 11.5 Å². The number of rotatable bonds is 7. The third kappa shape index (κ3) is 4.72. The van der Waals surface area contributed by atoms with Crippen molar-refractivity contribution in [1.29, 1.82) is 0 Å². The highest BCUT2D eigenvalue weighted by Gasteiger charge is 2.38. The van der Waals surface area contributed by atoms with Crippen molar-refractivity contribution in [2.45, 2.75) is 26.5 Å². The minimum Gasteiger partial charge on any atom is -0.493 e. The van der Waals surface area contributed by atoms with Crippen LogP contribution in [-0.4, -0.2) is 29.8 Å². The van der Waals surface area contributed by atoms with Gasteiger partial charge < -0.3 is 19.1 Å². The van der Waals surface area contributed by atoms with Gasteiger partial charge in [0.2, 0.25) is 0 Å². The summed E-state index contributed by atoms with van der Waals surface area (Å²) in [5.41, 5.74) is 2.54. The maximum atomic E-state index is 13.2. The highest BCUT2D eigenvalue weighted by Crippen LogP contribution is 2.45. The zero-order valence-electron chi connectivity index (χ0n) is 18.3. The van der Waals surface area contributed by atoms with E-state index in [1.807, 2.05) is 16.5 Å². The topological polar surface area (TPSA) is 60.4 Å². The third-order valence-electron chi connectivity index (χ3n) is 5.18. The van der Waals surface area contributed by atoms with Crippen LogP contribution in [0.4, 0.5) is 4.39 Å². The van der Waals surface area contributed by atoms with E-state index in [0.29, 0.717) is 27.8 Å². The molecule has 1 atom stereocenters. The van der Waals surface area contributed by atoms with E-state index >= 15 is 0 Å². The van der Waals surface area contributed by atoms with Crippen molar-refractivity contribution >= 4 is 34.5 Å². The molecule has 0 bridgehead atoms. The zero-order chi connectivity index (χ0) is 23.5. The van der Waals surface area contributed by atoms with Gasteiger partial charge in [-0.2, -0.15) is 0 Å². The molecule has 33 heavy (non-hydrogen) atoms. The number of allylic oxidation sites excluding steroid dienone is 1. The lowest BCUT2D eigenvalue weighted by Gasteiger charge is -2.33. The van der Waals surface area contributed by atoms with Crippen LogP contribution in [0.2, 0.25) is 5.02 Å². The average molecular weight is 489 g/mol. The van der Waals surface area contributed by atoms with E-state index in [2.05, 4.69) is 4.99 Å². The van der Waals surface area contributed by atoms with Crippen molar-refractivity contribution < 1.29 is 23.4 Å². The SMILES string of the molecule is CCOC(=O)C1=C(C)N=C2SC=CN2[C@@H]1c1cc(Cl)c(OCc2ccc(F)cc2)c(OC)c1. The molecular formula is C24H22ClFN2O4S. The lowest BCUT2D eigenvalue weighted by molar-refractivity contribution is -0.139. The lowest BCUT2D eigenvalue weighted by atomic mass is 9.94. The average Bonchev–Trinajstić information content (AvgIpc) is 3.26. The predicted molar refractivity (Wildman–Crippen MR) is 127 cm³/mol. The first kappa shape index (κ1) is 23.2. The molecule has 0 unspecified atom stereocenters. The molecule has 0 amide bonds. The van der Waals surface area contributed by atoms with Crippen LogP contribution >= 0.6 is 23.4 Å². The number of carbonyl (C=O) groups excluding carboxylic acids is 1. The van der Waals surface area contributed by atoms with Gasteiger partial charge in [0, 0.05) is 6.20 Å². The molecule has 0 spiro atoms. The van der Waals surface area contributed by atoms with Crippen molar-refractivity contribution in [2.75, 3.05) is 13.7 Å². The molecule has 2 aromatic carbocycles. The minimum atomic E-state index is -0.486. The molecule has 0 radical (unpaired) electrons. The van der Waals surface area contributed by atoms with E-state index < -0.39 is 12.0 Å². The third-order valence-corrected chi connectivity index (χ3v) is 6.23. The standard InChI is InChI=1S/C24H22ClFN2O4S/c1-4-31-23(29)20-14(2)27-24-28(9-10-33-24)21(20)16-11-18(25)22(19(12-16)30-3)32-13-15-5-7-17(26)8-6-15/h5-12,21H,4,13H2,1-3H3/t21-/m1/s1. The largest absolute Gasteiger partial charge is 0.493 e. The number of hydrogen-bond donors (Lipinski definition) is 0. The summed E-state index contributed by atoms with van der Waals surface area (Å²) in [6.45, 7) is 4.00. The van der Waals surface area contributed by atoms with Crippen molar-refractivity contribution in [3.8, 4) is 11.5 Å². The van der Waals surface area contributed by atoms with Crippen LogP contribution in [0.1, 0.15) is 31.0 Å². The number of aliphatic imine (C=N–C) groups is 1. The smallest absolute Gasteiger partial charge is 0.338 e. The Balaban J connectivity index is 1.70. The summed E-state index contributed by atoms with van der Waals surface area (Å²) >= 11 is 8.10. The molecule has 0 saturated carbocycles. The van der Waals surface area contributed by atoms with E-state index in [0.717, 1.165) is 16.3 Å². The number of esters is 1. The normalized spacial score (nSPS) is 17.1. The molecule has 0 aromatic heterocycles. The predicted octanol–water partition coefficient (Wildman–Crippen LogP) is 5.83. The number of ether oxygens (including phenoxy) is 3. The Hall–Kier alpha value is -2.97. The Morgan fingerprint density at radius 3 is 2.73 bits per heavy atom. The van der Waals surface area contributed by atoms with Gasteiger partial charge in [0.25, 0.3) is 0 Å². The molecule has 4 rings (SSSR count). The summed E-state index contributed by atoms with van der Waals surface area (Å²) in [6, 6.07) is 9.09. The summed E-state index contributed by atoms with van der Waals surface area (Å²) in [5, 5.41) is 3.00. The quantitative estimate of drug-likeness (QED) is 0.457. The van der Waals surface area contributed by atoms with E-state index in [1.165, 1.54) is 31.0 Å². The van der Waals surface area contributed by atoms with Crippen LogP contribution in [0.15, 0.2) is 64.3 Å². The van der Waals surface area contributed by atoms with Crippen LogP contribution in [0.25, 0.3) is 0 Å². The van der Waals surface area contributed by atoms with Gasteiger partial charge in [0.15, 0.2) is 16.7 Å². The fourth-order valence-corrected chi connectivity index (χ4v) is 4.74. The van der Waals surface area contributed by atoms with Crippen molar-refractivity contribution in [3.05, 3.63) is 81.2 Å². The van der Waals surface area contributed by atoms with Gasteiger partial charge in [-0.15, -0.1) is 0 Å². The van der Waals surface area contributed by atoms with Gasteiger partial charge in [-0.1, -0.05) is 35.5 Å². The Morgan fingerprint density at radius 1 is 1.27 bits per heavy atom. The van der Waals surface area contributed by atoms with Gasteiger partial charge in [0.05, 0.1) is 36.1 Å². The summed E-state index contributed by atoms with van der Waals surface area (Å²) in [4.78, 5) is 19.3. The van der Waals surface area contributed by atoms with Gasteiger partial charge in [-0.25, -0.2) is 14.2 Å². The zero-order valence-corrected chi connectivity index (χ0v) is 19.9. The highest BCUT2D eigenvalue weighted by molar-refractivity contribution is 8.16. The van der Waals surface area contributed by atoms with E-state index in [4.69, 9.17) is 25.8 Å². The van der Waals surface area contributed by atoms with Gasteiger partial charge in [0.1, 0.15) is 12.4 Å². The second-order valence-corrected chi connectivity index (χ2v) is 8.56. The van der Waals surface area contributed by atoms with Crippen LogP contribution in [0, 0.1) is 5.82 Å². The van der Waals surface area contributed by atoms with Crippen LogP contribution in [-0.2, 0) is 16.1 Å². The molecule has 0 N–H and O–H groups in total. The summed E-state index contributed by atoms with van der Waals surface area (Å²) in [7, 11) is 1.52. The summed E-state index contributed by atoms with van der Waals surface area (Å²) in [5.74, 6) is 0.0332. The Kier molecular flexibility index (Phi) is 6.95. The first-order valence-electron chi connectivity index (χ1n) is 10.3. The molecule has 2 aliphatic heterocycles. The lowest BCUT2D eigenvalue weighted by Crippen LogP contribution is -2.34. The number of methoxy groups -OCH3 is 1. The fraction of sp³-hybridized carbons (Fsp3) is 0.250. The monoisotopic (exact) mass is 488 g/mol. The Labute approximate surface area is 200 Å². The van der Waals surface area contributed by atoms with Gasteiger partial charge >= 0.3 is 5.97 Å². The Bertz CT molecular complexity index is 1160. The number of halogens is 2. The number of benzene rings is 2. The second-order valence-electron chi connectivity index (χ2n) is 7.28.